The Morgan fingerprint density at radius 1 is 0.500 bits per heavy atom. The summed E-state index contributed by atoms with van der Waals surface area (Å²) in [6.45, 7) is 14.0. The largest absolute Gasteiger partial charge is 0.494 e. The normalized spacial score (nSPS) is 16.5. The fourth-order valence-corrected chi connectivity index (χ4v) is 11.0. The molecule has 0 saturated heterocycles. The third-order valence-electron chi connectivity index (χ3n) is 15.1. The Morgan fingerprint density at radius 3 is 1.43 bits per heavy atom. The highest BCUT2D eigenvalue weighted by Gasteiger charge is 2.30. The van der Waals surface area contributed by atoms with E-state index in [0.29, 0.717) is 119 Å². The van der Waals surface area contributed by atoms with Crippen LogP contribution in [0.25, 0.3) is 10.2 Å². The monoisotopic (exact) mass is 1200 g/mol. The van der Waals surface area contributed by atoms with Gasteiger partial charge in [-0.3, -0.25) is 9.59 Å². The predicted octanol–water partition coefficient (Wildman–Crippen LogP) is 14.0. The summed E-state index contributed by atoms with van der Waals surface area (Å²) in [5.41, 5.74) is 1.63. The molecule has 5 aromatic rings. The zero-order valence-corrected chi connectivity index (χ0v) is 50.3. The van der Waals surface area contributed by atoms with Gasteiger partial charge in [-0.25, -0.2) is 24.4 Å². The van der Waals surface area contributed by atoms with E-state index >= 15 is 0 Å². The van der Waals surface area contributed by atoms with Crippen LogP contribution in [0.5, 0.6) is 34.5 Å². The molecular formula is C68H83N3O14S. The van der Waals surface area contributed by atoms with Crippen LogP contribution in [0.3, 0.4) is 0 Å². The highest BCUT2D eigenvalue weighted by molar-refractivity contribution is 7.22. The van der Waals surface area contributed by atoms with Crippen molar-refractivity contribution in [2.24, 2.45) is 28.8 Å². The molecule has 0 unspecified atom stereocenters. The first-order valence-electron chi connectivity index (χ1n) is 30.4. The van der Waals surface area contributed by atoms with Crippen molar-refractivity contribution in [3.05, 3.63) is 135 Å². The molecule has 18 heteroatoms. The van der Waals surface area contributed by atoms with Crippen LogP contribution >= 0.6 is 11.3 Å². The number of nitrogens with zero attached hydrogens (tertiary/aromatic N) is 3. The van der Waals surface area contributed by atoms with Gasteiger partial charge in [0.25, 0.3) is 0 Å². The number of thiazole rings is 1. The maximum atomic E-state index is 13.3. The summed E-state index contributed by atoms with van der Waals surface area (Å²) in [6, 6.07) is 28.1. The number of ether oxygens (including phenoxy) is 9. The summed E-state index contributed by atoms with van der Waals surface area (Å²) < 4.78 is 52.8. The van der Waals surface area contributed by atoms with E-state index in [4.69, 9.17) is 52.7 Å². The molecule has 0 atom stereocenters. The molecule has 2 saturated carbocycles. The Labute approximate surface area is 509 Å². The summed E-state index contributed by atoms with van der Waals surface area (Å²) in [7, 11) is 0. The summed E-state index contributed by atoms with van der Waals surface area (Å²) in [5.74, 6) is 2.08. The van der Waals surface area contributed by atoms with Gasteiger partial charge in [-0.15, -0.1) is 0 Å². The quantitative estimate of drug-likeness (QED) is 0.00687. The summed E-state index contributed by atoms with van der Waals surface area (Å²) in [4.78, 5) is 65.5. The number of carbonyl (C=O) groups excluding carboxylic acids is 5. The van der Waals surface area contributed by atoms with E-state index in [0.717, 1.165) is 111 Å². The number of esters is 5. The minimum Gasteiger partial charge on any atom is -0.494 e. The van der Waals surface area contributed by atoms with Crippen LogP contribution in [0.15, 0.2) is 134 Å². The second-order valence-electron chi connectivity index (χ2n) is 21.6. The van der Waals surface area contributed by atoms with Crippen LogP contribution < -0.4 is 33.4 Å². The van der Waals surface area contributed by atoms with E-state index in [1.807, 2.05) is 71.7 Å². The molecule has 1 aromatic heterocycles. The van der Waals surface area contributed by atoms with E-state index in [1.165, 1.54) is 18.2 Å². The number of hydrogen-bond donors (Lipinski definition) is 0. The fourth-order valence-electron chi connectivity index (χ4n) is 10.0. The summed E-state index contributed by atoms with van der Waals surface area (Å²) in [6.07, 6.45) is 20.7. The topological polar surface area (TPSA) is 197 Å². The second kappa shape index (κ2) is 36.8. The third-order valence-corrected chi connectivity index (χ3v) is 16.1. The average molecular weight is 1200 g/mol. The number of para-hydroxylation sites is 1. The molecule has 4 aromatic carbocycles. The van der Waals surface area contributed by atoms with E-state index in [1.54, 1.807) is 41.8 Å². The average Bonchev–Trinajstić information content (AvgIpc) is 4.06. The van der Waals surface area contributed by atoms with Crippen LogP contribution in [0.2, 0.25) is 0 Å². The molecule has 17 nitrogen and oxygen atoms in total. The molecule has 0 aliphatic heterocycles. The van der Waals surface area contributed by atoms with Crippen LogP contribution in [-0.2, 0) is 38.2 Å². The molecule has 0 spiro atoms. The molecule has 1 heterocycles. The molecule has 460 valence electrons. The van der Waals surface area contributed by atoms with Crippen molar-refractivity contribution >= 4 is 62.7 Å². The van der Waals surface area contributed by atoms with Crippen molar-refractivity contribution in [1.82, 2.24) is 4.98 Å². The van der Waals surface area contributed by atoms with E-state index in [9.17, 15) is 24.0 Å². The molecular weight excluding hydrogens is 1110 g/mol. The van der Waals surface area contributed by atoms with Gasteiger partial charge in [0, 0.05) is 30.3 Å². The summed E-state index contributed by atoms with van der Waals surface area (Å²) >= 11 is 1.57. The van der Waals surface area contributed by atoms with Crippen LogP contribution in [0, 0.1) is 23.7 Å². The van der Waals surface area contributed by atoms with E-state index in [2.05, 4.69) is 19.7 Å². The van der Waals surface area contributed by atoms with Crippen LogP contribution in [0.1, 0.15) is 128 Å². The lowest BCUT2D eigenvalue weighted by molar-refractivity contribution is -0.141. The van der Waals surface area contributed by atoms with Crippen molar-refractivity contribution in [3.63, 3.8) is 0 Å². The molecule has 0 N–H and O–H groups in total. The Morgan fingerprint density at radius 2 is 0.942 bits per heavy atom. The Kier molecular flexibility index (Phi) is 28.0. The van der Waals surface area contributed by atoms with Crippen molar-refractivity contribution in [3.8, 4) is 34.5 Å². The van der Waals surface area contributed by atoms with E-state index < -0.39 is 17.9 Å². The van der Waals surface area contributed by atoms with Gasteiger partial charge in [-0.1, -0.05) is 43.2 Å². The number of fused-ring (bicyclic) bond motifs is 1. The van der Waals surface area contributed by atoms with Crippen molar-refractivity contribution < 1.29 is 66.6 Å². The van der Waals surface area contributed by atoms with Crippen molar-refractivity contribution in [1.29, 1.82) is 0 Å². The van der Waals surface area contributed by atoms with Gasteiger partial charge in [-0.05, 0) is 213 Å². The zero-order valence-electron chi connectivity index (χ0n) is 49.5. The molecule has 2 aliphatic carbocycles. The van der Waals surface area contributed by atoms with Gasteiger partial charge in [-0.2, -0.15) is 5.10 Å². The number of hydrazone groups is 1. The Balaban J connectivity index is 0.899. The van der Waals surface area contributed by atoms with Gasteiger partial charge < -0.3 is 42.6 Å². The second-order valence-corrected chi connectivity index (χ2v) is 22.6. The molecule has 0 radical (unpaired) electrons. The van der Waals surface area contributed by atoms with Crippen LogP contribution in [0.4, 0.5) is 5.13 Å². The van der Waals surface area contributed by atoms with Gasteiger partial charge in [0.15, 0.2) is 0 Å². The lowest BCUT2D eigenvalue weighted by Crippen LogP contribution is -2.28. The predicted molar refractivity (Wildman–Crippen MR) is 332 cm³/mol. The smallest absolute Gasteiger partial charge is 0.330 e. The molecule has 86 heavy (non-hydrogen) atoms. The number of aromatic nitrogens is 1. The van der Waals surface area contributed by atoms with Gasteiger partial charge in [0.1, 0.15) is 34.5 Å². The first kappa shape index (κ1) is 65.6. The van der Waals surface area contributed by atoms with Gasteiger partial charge in [0.2, 0.25) is 5.13 Å². The highest BCUT2D eigenvalue weighted by Crippen LogP contribution is 2.35. The van der Waals surface area contributed by atoms with Crippen molar-refractivity contribution in [2.45, 2.75) is 122 Å². The SMILES string of the molecule is C=CC(=O)OCCCCCCOc1ccc(OC(=O)C2CCC(COc3ccc(OCC4CCC(C(=O)Oc5ccc(OCCCCCCOC(=O)C=C)cc5)CC4)c(/C=N/N(CCCCCOC(=O)C=C)c4nc5ccccc5s4)c3)CC2)cc1. The molecule has 2 fully saturated rings. The summed E-state index contributed by atoms with van der Waals surface area (Å²) in [5, 5.41) is 7.71. The zero-order chi connectivity index (χ0) is 60.6. The molecule has 0 bridgehead atoms. The molecule has 0 amide bonds. The standard InChI is InChI=1S/C68H83N3O14S/c1-4-63(72)79-43-17-9-7-15-41-77-55-30-34-57(35-31-55)84-66(75)52-26-22-50(23-27-52)48-82-59-38-39-61(54(46-59)47-69-71(40-14-11-19-45-81-65(74)6-3)68-70-60-20-12-13-21-62(60)86-68)83-49-51-24-28-53(29-25-51)67(76)85-58-36-32-56(33-37-58)78-42-16-8-10-18-44-80-64(73)5-2/h4-6,12-13,20-21,30-39,46-47,50-53H,1-3,7-11,14-19,22-29,40-45,48-49H2/b69-47+. The number of carbonyl (C=O) groups is 5. The maximum absolute atomic E-state index is 13.3. The lowest BCUT2D eigenvalue weighted by atomic mass is 9.82. The first-order chi connectivity index (χ1) is 42.0. The first-order valence-corrected chi connectivity index (χ1v) is 31.2. The number of benzene rings is 4. The van der Waals surface area contributed by atoms with E-state index in [-0.39, 0.29) is 35.6 Å². The number of unbranched alkanes of at least 4 members (excludes halogenated alkanes) is 8. The molecule has 2 aliphatic rings. The third kappa shape index (κ3) is 23.1. The lowest BCUT2D eigenvalue weighted by Gasteiger charge is -2.28. The van der Waals surface area contributed by atoms with Crippen molar-refractivity contribution in [2.75, 3.05) is 57.8 Å². The maximum Gasteiger partial charge on any atom is 0.330 e. The number of hydrogen-bond acceptors (Lipinski definition) is 18. The Bertz CT molecular complexity index is 2930. The fraction of sp³-hybridized carbons (Fsp3) is 0.456. The van der Waals surface area contributed by atoms with Gasteiger partial charge >= 0.3 is 29.8 Å². The van der Waals surface area contributed by atoms with Crippen LogP contribution in [-0.4, -0.2) is 93.8 Å². The minimum absolute atomic E-state index is 0.202. The minimum atomic E-state index is -0.434. The highest BCUT2D eigenvalue weighted by atomic mass is 32.1. The Hall–Kier alpha value is -7.99. The molecule has 7 rings (SSSR count). The number of anilines is 1. The van der Waals surface area contributed by atoms with Gasteiger partial charge in [0.05, 0.1) is 74.5 Å². The number of rotatable bonds is 38.